The lowest BCUT2D eigenvalue weighted by atomic mass is 10.2. The van der Waals surface area contributed by atoms with E-state index in [9.17, 15) is 4.79 Å². The number of hydrogen-bond acceptors (Lipinski definition) is 5. The molecule has 5 aromatic rings. The molecular formula is C26H25N5O2S. The molecule has 5 rings (SSSR count). The fourth-order valence-electron chi connectivity index (χ4n) is 3.77. The summed E-state index contributed by atoms with van der Waals surface area (Å²) in [5.74, 6) is 0.707. The molecule has 0 bridgehead atoms. The van der Waals surface area contributed by atoms with E-state index >= 15 is 0 Å². The van der Waals surface area contributed by atoms with Gasteiger partial charge in [0.15, 0.2) is 11.4 Å². The van der Waals surface area contributed by atoms with Crippen molar-refractivity contribution in [1.82, 2.24) is 14.0 Å². The second-order valence-electron chi connectivity index (χ2n) is 8.07. The number of nitrogens with zero attached hydrogens (tertiary/aromatic N) is 5. The summed E-state index contributed by atoms with van der Waals surface area (Å²) in [5.41, 5.74) is 4.34. The summed E-state index contributed by atoms with van der Waals surface area (Å²) < 4.78 is 11.3. The maximum Gasteiger partial charge on any atom is 0.297 e. The van der Waals surface area contributed by atoms with Crippen molar-refractivity contribution in [2.45, 2.75) is 27.2 Å². The molecule has 3 heterocycles. The SMILES string of the molecule is CCC(C)=Nn1c(-c2cc3ccccc3o2)csc1=Nc1c(C)n(C)n(-c2ccccc2)c1=O. The lowest BCUT2D eigenvalue weighted by Gasteiger charge is -2.07. The minimum absolute atomic E-state index is 0.173. The van der Waals surface area contributed by atoms with Crippen LogP contribution in [0.2, 0.25) is 0 Å². The second kappa shape index (κ2) is 8.79. The molecule has 172 valence electrons. The zero-order chi connectivity index (χ0) is 23.8. The molecule has 0 aliphatic carbocycles. The van der Waals surface area contributed by atoms with Gasteiger partial charge in [-0.25, -0.2) is 14.4 Å². The van der Waals surface area contributed by atoms with Crippen LogP contribution in [0.4, 0.5) is 5.69 Å². The Morgan fingerprint density at radius 2 is 1.82 bits per heavy atom. The smallest absolute Gasteiger partial charge is 0.297 e. The van der Waals surface area contributed by atoms with E-state index < -0.39 is 0 Å². The monoisotopic (exact) mass is 471 g/mol. The standard InChI is InChI=1S/C26H25N5O2S/c1-5-17(2)28-30-21(23-15-19-11-9-10-14-22(19)33-23)16-34-26(30)27-24-18(3)29(4)31(25(24)32)20-12-7-6-8-13-20/h6-16H,5H2,1-4H3. The molecule has 0 aliphatic rings. The average Bonchev–Trinajstić information content (AvgIpc) is 3.51. The fourth-order valence-corrected chi connectivity index (χ4v) is 4.59. The van der Waals surface area contributed by atoms with Crippen molar-refractivity contribution < 1.29 is 4.42 Å². The lowest BCUT2D eigenvalue weighted by molar-refractivity contribution is 0.621. The number of fused-ring (bicyclic) bond motifs is 1. The Balaban J connectivity index is 1.72. The van der Waals surface area contributed by atoms with Gasteiger partial charge < -0.3 is 4.42 Å². The van der Waals surface area contributed by atoms with E-state index in [4.69, 9.17) is 14.5 Å². The van der Waals surface area contributed by atoms with Gasteiger partial charge in [-0.1, -0.05) is 43.3 Å². The van der Waals surface area contributed by atoms with Gasteiger partial charge in [0.1, 0.15) is 11.3 Å². The molecule has 0 amide bonds. The summed E-state index contributed by atoms with van der Waals surface area (Å²) in [5, 5.41) is 7.79. The van der Waals surface area contributed by atoms with E-state index in [1.54, 1.807) is 9.36 Å². The largest absolute Gasteiger partial charge is 0.454 e. The van der Waals surface area contributed by atoms with Crippen LogP contribution in [0.15, 0.2) is 85.3 Å². The Hall–Kier alpha value is -3.91. The quantitative estimate of drug-likeness (QED) is 0.312. The first-order valence-corrected chi connectivity index (χ1v) is 12.0. The Morgan fingerprint density at radius 1 is 1.09 bits per heavy atom. The molecule has 0 unspecified atom stereocenters. The van der Waals surface area contributed by atoms with Gasteiger partial charge in [0.05, 0.1) is 11.4 Å². The second-order valence-corrected chi connectivity index (χ2v) is 8.91. The van der Waals surface area contributed by atoms with E-state index in [0.29, 0.717) is 16.2 Å². The number of thiazole rings is 1. The number of hydrogen-bond donors (Lipinski definition) is 0. The molecule has 2 aromatic carbocycles. The Labute approximate surface area is 200 Å². The van der Waals surface area contributed by atoms with Gasteiger partial charge in [-0.05, 0) is 44.5 Å². The van der Waals surface area contributed by atoms with Crippen LogP contribution in [0.25, 0.3) is 28.1 Å². The van der Waals surface area contributed by atoms with Crippen molar-refractivity contribution in [2.24, 2.45) is 17.1 Å². The Bertz CT molecular complexity index is 1610. The van der Waals surface area contributed by atoms with Gasteiger partial charge in [-0.15, -0.1) is 11.3 Å². The Kier molecular flexibility index (Phi) is 5.67. The fraction of sp³-hybridized carbons (Fsp3) is 0.192. The number of furan rings is 1. The predicted molar refractivity (Wildman–Crippen MR) is 137 cm³/mol. The molecule has 3 aromatic heterocycles. The summed E-state index contributed by atoms with van der Waals surface area (Å²) in [6, 6.07) is 19.5. The first-order valence-electron chi connectivity index (χ1n) is 11.1. The van der Waals surface area contributed by atoms with Crippen LogP contribution in [0.3, 0.4) is 0 Å². The van der Waals surface area contributed by atoms with Gasteiger partial charge in [0.25, 0.3) is 5.56 Å². The summed E-state index contributed by atoms with van der Waals surface area (Å²) in [6.07, 6.45) is 0.799. The zero-order valence-electron chi connectivity index (χ0n) is 19.5. The number of para-hydroxylation sites is 2. The molecule has 7 nitrogen and oxygen atoms in total. The summed E-state index contributed by atoms with van der Waals surface area (Å²) in [7, 11) is 1.87. The van der Waals surface area contributed by atoms with E-state index in [-0.39, 0.29) is 5.56 Å². The number of rotatable bonds is 5. The first-order chi connectivity index (χ1) is 16.5. The van der Waals surface area contributed by atoms with Crippen molar-refractivity contribution in [2.75, 3.05) is 0 Å². The minimum atomic E-state index is -0.173. The van der Waals surface area contributed by atoms with E-state index in [2.05, 4.69) is 6.92 Å². The molecule has 0 radical (unpaired) electrons. The van der Waals surface area contributed by atoms with Crippen molar-refractivity contribution in [3.8, 4) is 17.1 Å². The summed E-state index contributed by atoms with van der Waals surface area (Å²) in [6.45, 7) is 5.94. The van der Waals surface area contributed by atoms with Crippen LogP contribution in [0, 0.1) is 6.92 Å². The highest BCUT2D eigenvalue weighted by atomic mass is 32.1. The maximum absolute atomic E-state index is 13.4. The van der Waals surface area contributed by atoms with Crippen LogP contribution in [0.1, 0.15) is 26.0 Å². The molecule has 0 saturated heterocycles. The van der Waals surface area contributed by atoms with Crippen LogP contribution < -0.4 is 10.4 Å². The van der Waals surface area contributed by atoms with Crippen molar-refractivity contribution in [3.63, 3.8) is 0 Å². The highest BCUT2D eigenvalue weighted by Gasteiger charge is 2.18. The van der Waals surface area contributed by atoms with Crippen LogP contribution in [0.5, 0.6) is 0 Å². The van der Waals surface area contributed by atoms with Crippen molar-refractivity contribution in [1.29, 1.82) is 0 Å². The molecule has 0 spiro atoms. The highest BCUT2D eigenvalue weighted by Crippen LogP contribution is 2.28. The van der Waals surface area contributed by atoms with Crippen LogP contribution >= 0.6 is 11.3 Å². The molecule has 0 aliphatic heterocycles. The van der Waals surface area contributed by atoms with E-state index in [1.807, 2.05) is 91.6 Å². The van der Waals surface area contributed by atoms with Crippen molar-refractivity contribution >= 4 is 33.7 Å². The first kappa shape index (κ1) is 21.9. The topological polar surface area (TPSA) is 69.7 Å². The van der Waals surface area contributed by atoms with E-state index in [0.717, 1.165) is 40.2 Å². The maximum atomic E-state index is 13.4. The molecule has 0 atom stereocenters. The Morgan fingerprint density at radius 3 is 2.56 bits per heavy atom. The molecular weight excluding hydrogens is 446 g/mol. The van der Waals surface area contributed by atoms with Crippen LogP contribution in [-0.4, -0.2) is 19.8 Å². The van der Waals surface area contributed by atoms with Gasteiger partial charge in [0.2, 0.25) is 4.80 Å². The lowest BCUT2D eigenvalue weighted by Crippen LogP contribution is -2.20. The average molecular weight is 472 g/mol. The normalized spacial score (nSPS) is 12.7. The third kappa shape index (κ3) is 3.76. The minimum Gasteiger partial charge on any atom is -0.454 e. The van der Waals surface area contributed by atoms with Crippen molar-refractivity contribution in [3.05, 3.63) is 86.9 Å². The van der Waals surface area contributed by atoms with Gasteiger partial charge >= 0.3 is 0 Å². The van der Waals surface area contributed by atoms with Crippen LogP contribution in [-0.2, 0) is 7.05 Å². The van der Waals surface area contributed by atoms with Gasteiger partial charge in [-0.2, -0.15) is 5.10 Å². The number of benzene rings is 2. The highest BCUT2D eigenvalue weighted by molar-refractivity contribution is 7.07. The molecule has 8 heteroatoms. The van der Waals surface area contributed by atoms with E-state index in [1.165, 1.54) is 11.3 Å². The zero-order valence-corrected chi connectivity index (χ0v) is 20.3. The van der Waals surface area contributed by atoms with Gasteiger partial charge in [-0.3, -0.25) is 9.48 Å². The predicted octanol–water partition coefficient (Wildman–Crippen LogP) is 5.63. The third-order valence-electron chi connectivity index (χ3n) is 5.88. The van der Waals surface area contributed by atoms with Gasteiger partial charge in [0, 0.05) is 23.5 Å². The summed E-state index contributed by atoms with van der Waals surface area (Å²) in [4.78, 5) is 18.8. The molecule has 0 fully saturated rings. The number of aromatic nitrogens is 3. The summed E-state index contributed by atoms with van der Waals surface area (Å²) >= 11 is 1.43. The third-order valence-corrected chi connectivity index (χ3v) is 6.69. The molecule has 0 saturated carbocycles. The molecule has 0 N–H and O–H groups in total. The molecule has 34 heavy (non-hydrogen) atoms.